The van der Waals surface area contributed by atoms with E-state index in [1.165, 1.54) is 0 Å². The Hall–Kier alpha value is -1.26. The number of hydrogen-bond donors (Lipinski definition) is 2. The molecule has 3 N–H and O–H groups in total. The SMILES string of the molecule is COC(CNC(N)=NCC(C)C)c1cccc(Cl)c1. The van der Waals surface area contributed by atoms with Gasteiger partial charge < -0.3 is 15.8 Å². The minimum atomic E-state index is -0.105. The average Bonchev–Trinajstić information content (AvgIpc) is 2.37. The van der Waals surface area contributed by atoms with Crippen molar-refractivity contribution in [3.05, 3.63) is 34.9 Å². The molecule has 19 heavy (non-hydrogen) atoms. The van der Waals surface area contributed by atoms with Gasteiger partial charge in [0.15, 0.2) is 5.96 Å². The fourth-order valence-electron chi connectivity index (χ4n) is 1.58. The quantitative estimate of drug-likeness (QED) is 0.623. The van der Waals surface area contributed by atoms with Crippen molar-refractivity contribution in [3.8, 4) is 0 Å². The van der Waals surface area contributed by atoms with Gasteiger partial charge in [-0.2, -0.15) is 0 Å². The molecule has 0 heterocycles. The molecule has 106 valence electrons. The maximum absolute atomic E-state index is 5.97. The number of nitrogens with one attached hydrogen (secondary N) is 1. The topological polar surface area (TPSA) is 59.6 Å². The lowest BCUT2D eigenvalue weighted by Crippen LogP contribution is -2.35. The first kappa shape index (κ1) is 15.8. The first-order chi connectivity index (χ1) is 9.02. The molecule has 0 saturated heterocycles. The van der Waals surface area contributed by atoms with Crippen molar-refractivity contribution in [1.29, 1.82) is 0 Å². The third kappa shape index (κ3) is 5.94. The number of nitrogens with zero attached hydrogens (tertiary/aromatic N) is 1. The van der Waals surface area contributed by atoms with Crippen LogP contribution >= 0.6 is 11.6 Å². The van der Waals surface area contributed by atoms with Crippen LogP contribution in [0.5, 0.6) is 0 Å². The zero-order valence-electron chi connectivity index (χ0n) is 11.7. The van der Waals surface area contributed by atoms with E-state index in [9.17, 15) is 0 Å². The third-order valence-electron chi connectivity index (χ3n) is 2.60. The van der Waals surface area contributed by atoms with Crippen molar-refractivity contribution in [1.82, 2.24) is 5.32 Å². The van der Waals surface area contributed by atoms with Gasteiger partial charge in [0.25, 0.3) is 0 Å². The Labute approximate surface area is 120 Å². The summed E-state index contributed by atoms with van der Waals surface area (Å²) in [5.74, 6) is 0.935. The molecule has 0 fully saturated rings. The van der Waals surface area contributed by atoms with Gasteiger partial charge in [0.05, 0.1) is 6.10 Å². The van der Waals surface area contributed by atoms with E-state index in [0.717, 1.165) is 5.56 Å². The lowest BCUT2D eigenvalue weighted by Gasteiger charge is -2.17. The van der Waals surface area contributed by atoms with Gasteiger partial charge in [-0.3, -0.25) is 4.99 Å². The Morgan fingerprint density at radius 1 is 1.47 bits per heavy atom. The van der Waals surface area contributed by atoms with E-state index < -0.39 is 0 Å². The van der Waals surface area contributed by atoms with Gasteiger partial charge in [-0.1, -0.05) is 37.6 Å². The maximum Gasteiger partial charge on any atom is 0.188 e. The van der Waals surface area contributed by atoms with E-state index in [-0.39, 0.29) is 6.10 Å². The summed E-state index contributed by atoms with van der Waals surface area (Å²) in [6.07, 6.45) is -0.105. The van der Waals surface area contributed by atoms with E-state index in [1.807, 2.05) is 24.3 Å². The minimum absolute atomic E-state index is 0.105. The minimum Gasteiger partial charge on any atom is -0.375 e. The Kier molecular flexibility index (Phi) is 6.67. The molecular weight excluding hydrogens is 262 g/mol. The summed E-state index contributed by atoms with van der Waals surface area (Å²) in [6, 6.07) is 7.60. The molecular formula is C14H22ClN3O. The van der Waals surface area contributed by atoms with Crippen LogP contribution in [0, 0.1) is 5.92 Å². The second-order valence-corrected chi connectivity index (χ2v) is 5.22. The lowest BCUT2D eigenvalue weighted by atomic mass is 10.1. The van der Waals surface area contributed by atoms with Crippen molar-refractivity contribution in [3.63, 3.8) is 0 Å². The number of benzene rings is 1. The average molecular weight is 284 g/mol. The predicted octanol–water partition coefficient (Wildman–Crippen LogP) is 2.59. The highest BCUT2D eigenvalue weighted by molar-refractivity contribution is 6.30. The van der Waals surface area contributed by atoms with Gasteiger partial charge in [-0.25, -0.2) is 0 Å². The number of guanidine groups is 1. The van der Waals surface area contributed by atoms with Crippen LogP contribution in [0.3, 0.4) is 0 Å². The number of rotatable bonds is 6. The fraction of sp³-hybridized carbons (Fsp3) is 0.500. The Morgan fingerprint density at radius 3 is 2.79 bits per heavy atom. The second-order valence-electron chi connectivity index (χ2n) is 4.78. The molecule has 0 spiro atoms. The first-order valence-electron chi connectivity index (χ1n) is 6.35. The summed E-state index contributed by atoms with van der Waals surface area (Å²) >= 11 is 5.97. The van der Waals surface area contributed by atoms with Crippen molar-refractivity contribution in [2.24, 2.45) is 16.6 Å². The molecule has 0 radical (unpaired) electrons. The summed E-state index contributed by atoms with van der Waals surface area (Å²) in [7, 11) is 1.66. The molecule has 1 aromatic rings. The molecule has 0 bridgehead atoms. The third-order valence-corrected chi connectivity index (χ3v) is 2.84. The van der Waals surface area contributed by atoms with Crippen LogP contribution in [-0.4, -0.2) is 26.2 Å². The van der Waals surface area contributed by atoms with Gasteiger partial charge in [-0.05, 0) is 23.6 Å². The normalized spacial score (nSPS) is 13.6. The van der Waals surface area contributed by atoms with Crippen LogP contribution in [-0.2, 0) is 4.74 Å². The van der Waals surface area contributed by atoms with E-state index in [4.69, 9.17) is 22.1 Å². The van der Waals surface area contributed by atoms with Crippen molar-refractivity contribution >= 4 is 17.6 Å². The molecule has 0 amide bonds. The van der Waals surface area contributed by atoms with Gasteiger partial charge in [0.1, 0.15) is 0 Å². The molecule has 0 aliphatic rings. The Balaban J connectivity index is 2.56. The lowest BCUT2D eigenvalue weighted by molar-refractivity contribution is 0.106. The summed E-state index contributed by atoms with van der Waals surface area (Å²) in [6.45, 7) is 5.47. The summed E-state index contributed by atoms with van der Waals surface area (Å²) in [4.78, 5) is 4.24. The van der Waals surface area contributed by atoms with Gasteiger partial charge >= 0.3 is 0 Å². The smallest absolute Gasteiger partial charge is 0.188 e. The van der Waals surface area contributed by atoms with Crippen LogP contribution in [0.1, 0.15) is 25.5 Å². The summed E-state index contributed by atoms with van der Waals surface area (Å²) in [5.41, 5.74) is 6.80. The summed E-state index contributed by atoms with van der Waals surface area (Å²) < 4.78 is 5.44. The molecule has 0 saturated carbocycles. The number of aliphatic imine (C=N–C) groups is 1. The molecule has 0 aliphatic heterocycles. The van der Waals surface area contributed by atoms with Crippen LogP contribution in [0.4, 0.5) is 0 Å². The number of hydrogen-bond acceptors (Lipinski definition) is 2. The first-order valence-corrected chi connectivity index (χ1v) is 6.72. The standard InChI is InChI=1S/C14H22ClN3O/c1-10(2)8-17-14(16)18-9-13(19-3)11-5-4-6-12(15)7-11/h4-7,10,13H,8-9H2,1-3H3,(H3,16,17,18). The highest BCUT2D eigenvalue weighted by Crippen LogP contribution is 2.19. The van der Waals surface area contributed by atoms with Gasteiger partial charge in [0.2, 0.25) is 0 Å². The summed E-state index contributed by atoms with van der Waals surface area (Å²) in [5, 5.41) is 3.76. The second kappa shape index (κ2) is 8.02. The molecule has 4 nitrogen and oxygen atoms in total. The zero-order chi connectivity index (χ0) is 14.3. The highest BCUT2D eigenvalue weighted by atomic mass is 35.5. The zero-order valence-corrected chi connectivity index (χ0v) is 12.4. The van der Waals surface area contributed by atoms with Crippen LogP contribution in [0.25, 0.3) is 0 Å². The van der Waals surface area contributed by atoms with E-state index in [1.54, 1.807) is 7.11 Å². The molecule has 0 aromatic heterocycles. The van der Waals surface area contributed by atoms with E-state index in [0.29, 0.717) is 30.0 Å². The Morgan fingerprint density at radius 2 is 2.21 bits per heavy atom. The Bertz CT molecular complexity index is 421. The fourth-order valence-corrected chi connectivity index (χ4v) is 1.78. The molecule has 1 unspecified atom stereocenters. The predicted molar refractivity (Wildman–Crippen MR) is 80.5 cm³/mol. The highest BCUT2D eigenvalue weighted by Gasteiger charge is 2.10. The number of halogens is 1. The van der Waals surface area contributed by atoms with Crippen LogP contribution in [0.2, 0.25) is 5.02 Å². The largest absolute Gasteiger partial charge is 0.375 e. The van der Waals surface area contributed by atoms with Crippen molar-refractivity contribution in [2.45, 2.75) is 20.0 Å². The molecule has 5 heteroatoms. The molecule has 1 aromatic carbocycles. The maximum atomic E-state index is 5.97. The van der Waals surface area contributed by atoms with Crippen LogP contribution < -0.4 is 11.1 Å². The number of nitrogens with two attached hydrogens (primary N) is 1. The molecule has 1 atom stereocenters. The molecule has 0 aliphatic carbocycles. The molecule has 1 rings (SSSR count). The van der Waals surface area contributed by atoms with Crippen LogP contribution in [0.15, 0.2) is 29.3 Å². The number of methoxy groups -OCH3 is 1. The van der Waals surface area contributed by atoms with Crippen molar-refractivity contribution in [2.75, 3.05) is 20.2 Å². The van der Waals surface area contributed by atoms with E-state index in [2.05, 4.69) is 24.2 Å². The van der Waals surface area contributed by atoms with Gasteiger partial charge in [-0.15, -0.1) is 0 Å². The van der Waals surface area contributed by atoms with E-state index >= 15 is 0 Å². The number of ether oxygens (including phenoxy) is 1. The van der Waals surface area contributed by atoms with Crippen molar-refractivity contribution < 1.29 is 4.74 Å². The van der Waals surface area contributed by atoms with Gasteiger partial charge in [0, 0.05) is 25.2 Å². The monoisotopic (exact) mass is 283 g/mol.